The smallest absolute Gasteiger partial charge is 0.260 e. The van der Waals surface area contributed by atoms with Crippen LogP contribution in [0.25, 0.3) is 11.3 Å². The Labute approximate surface area is 184 Å². The Bertz CT molecular complexity index is 1120. The van der Waals surface area contributed by atoms with Crippen LogP contribution in [0.1, 0.15) is 36.1 Å². The SMILES string of the molecule is COCCn1cccc(-c2nn(C(=O)C(C)(C)C)c(Cc3ccc(Cl)s3)c2N)c1=O. The molecule has 0 atom stereocenters. The number of carbonyl (C=O) groups is 1. The second-order valence-corrected chi connectivity index (χ2v) is 9.77. The molecular weight excluding hydrogens is 424 g/mol. The number of methoxy groups -OCH3 is 1. The number of carbonyl (C=O) groups excluding carboxylic acids is 1. The van der Waals surface area contributed by atoms with Crippen molar-refractivity contribution in [1.82, 2.24) is 14.3 Å². The third-order valence-corrected chi connectivity index (χ3v) is 5.87. The molecule has 0 aliphatic heterocycles. The summed E-state index contributed by atoms with van der Waals surface area (Å²) in [6, 6.07) is 7.12. The van der Waals surface area contributed by atoms with Gasteiger partial charge >= 0.3 is 0 Å². The van der Waals surface area contributed by atoms with Gasteiger partial charge in [-0.15, -0.1) is 11.3 Å². The number of aromatic nitrogens is 3. The summed E-state index contributed by atoms with van der Waals surface area (Å²) in [7, 11) is 1.58. The summed E-state index contributed by atoms with van der Waals surface area (Å²) in [5.74, 6) is -0.200. The number of pyridine rings is 1. The van der Waals surface area contributed by atoms with E-state index >= 15 is 0 Å². The minimum absolute atomic E-state index is 0.200. The number of rotatable bonds is 6. The number of hydrogen-bond acceptors (Lipinski definition) is 6. The number of nitrogens with zero attached hydrogens (tertiary/aromatic N) is 3. The number of hydrogen-bond donors (Lipinski definition) is 1. The van der Waals surface area contributed by atoms with Gasteiger partial charge in [-0.3, -0.25) is 9.59 Å². The third kappa shape index (κ3) is 4.50. The highest BCUT2D eigenvalue weighted by molar-refractivity contribution is 7.16. The van der Waals surface area contributed by atoms with Crippen molar-refractivity contribution in [2.45, 2.75) is 33.7 Å². The topological polar surface area (TPSA) is 92.1 Å². The molecular formula is C21H25ClN4O3S. The average molecular weight is 449 g/mol. The number of halogens is 1. The fourth-order valence-electron chi connectivity index (χ4n) is 3.01. The molecule has 0 saturated carbocycles. The zero-order valence-corrected chi connectivity index (χ0v) is 19.0. The van der Waals surface area contributed by atoms with Crippen molar-refractivity contribution in [3.05, 3.63) is 55.7 Å². The largest absolute Gasteiger partial charge is 0.395 e. The van der Waals surface area contributed by atoms with Crippen LogP contribution in [0.3, 0.4) is 0 Å². The number of nitrogen functional groups attached to an aromatic ring is 1. The zero-order valence-electron chi connectivity index (χ0n) is 17.4. The van der Waals surface area contributed by atoms with Crippen LogP contribution >= 0.6 is 22.9 Å². The molecule has 3 heterocycles. The molecule has 0 aliphatic carbocycles. The van der Waals surface area contributed by atoms with Crippen molar-refractivity contribution in [2.24, 2.45) is 5.41 Å². The van der Waals surface area contributed by atoms with E-state index in [-0.39, 0.29) is 11.5 Å². The Morgan fingerprint density at radius 3 is 2.63 bits per heavy atom. The van der Waals surface area contributed by atoms with Crippen LogP contribution in [0.4, 0.5) is 5.69 Å². The lowest BCUT2D eigenvalue weighted by atomic mass is 9.95. The van der Waals surface area contributed by atoms with E-state index in [1.807, 2.05) is 26.8 Å². The molecule has 0 saturated heterocycles. The second kappa shape index (κ2) is 8.75. The molecule has 0 aromatic carbocycles. The Morgan fingerprint density at radius 2 is 2.03 bits per heavy atom. The first-order valence-electron chi connectivity index (χ1n) is 9.48. The summed E-state index contributed by atoms with van der Waals surface area (Å²) in [4.78, 5) is 27.0. The van der Waals surface area contributed by atoms with Crippen LogP contribution in [0.15, 0.2) is 35.3 Å². The molecule has 0 radical (unpaired) electrons. The van der Waals surface area contributed by atoms with Gasteiger partial charge in [-0.05, 0) is 24.3 Å². The van der Waals surface area contributed by atoms with Crippen LogP contribution in [0, 0.1) is 5.41 Å². The zero-order chi connectivity index (χ0) is 22.1. The van der Waals surface area contributed by atoms with E-state index in [4.69, 9.17) is 22.1 Å². The van der Waals surface area contributed by atoms with Crippen LogP contribution in [-0.4, -0.2) is 34.0 Å². The summed E-state index contributed by atoms with van der Waals surface area (Å²) >= 11 is 7.48. The number of nitrogens with two attached hydrogens (primary N) is 1. The van der Waals surface area contributed by atoms with Gasteiger partial charge in [0.25, 0.3) is 11.5 Å². The van der Waals surface area contributed by atoms with Crippen molar-refractivity contribution >= 4 is 34.5 Å². The highest BCUT2D eigenvalue weighted by atomic mass is 35.5. The van der Waals surface area contributed by atoms with Crippen molar-refractivity contribution in [1.29, 1.82) is 0 Å². The van der Waals surface area contributed by atoms with Crippen LogP contribution in [0.2, 0.25) is 4.34 Å². The summed E-state index contributed by atoms with van der Waals surface area (Å²) < 4.78 is 8.61. The third-order valence-electron chi connectivity index (χ3n) is 4.64. The summed E-state index contributed by atoms with van der Waals surface area (Å²) in [5, 5.41) is 4.50. The van der Waals surface area contributed by atoms with E-state index in [2.05, 4.69) is 5.10 Å². The van der Waals surface area contributed by atoms with Gasteiger partial charge in [0, 0.05) is 36.6 Å². The predicted molar refractivity (Wildman–Crippen MR) is 120 cm³/mol. The Balaban J connectivity index is 2.15. The van der Waals surface area contributed by atoms with E-state index in [9.17, 15) is 9.59 Å². The quantitative estimate of drug-likeness (QED) is 0.616. The molecule has 2 N–H and O–H groups in total. The molecule has 160 valence electrons. The minimum atomic E-state index is -0.674. The molecule has 0 fully saturated rings. The molecule has 9 heteroatoms. The summed E-state index contributed by atoms with van der Waals surface area (Å²) in [6.45, 7) is 6.27. The summed E-state index contributed by atoms with van der Waals surface area (Å²) in [5.41, 5.74) is 7.07. The molecule has 0 spiro atoms. The van der Waals surface area contributed by atoms with E-state index in [1.165, 1.54) is 16.0 Å². The maximum absolute atomic E-state index is 13.1. The number of ether oxygens (including phenoxy) is 1. The highest BCUT2D eigenvalue weighted by Gasteiger charge is 2.30. The molecule has 3 aromatic heterocycles. The van der Waals surface area contributed by atoms with Gasteiger partial charge in [0.2, 0.25) is 0 Å². The first kappa shape index (κ1) is 22.3. The fraction of sp³-hybridized carbons (Fsp3) is 0.381. The lowest BCUT2D eigenvalue weighted by Crippen LogP contribution is -2.29. The van der Waals surface area contributed by atoms with Gasteiger partial charge in [0.1, 0.15) is 5.69 Å². The molecule has 0 aliphatic rings. The Morgan fingerprint density at radius 1 is 1.30 bits per heavy atom. The van der Waals surface area contributed by atoms with E-state index in [0.717, 1.165) is 4.88 Å². The molecule has 0 amide bonds. The van der Waals surface area contributed by atoms with Crippen molar-refractivity contribution in [2.75, 3.05) is 19.5 Å². The van der Waals surface area contributed by atoms with Crippen LogP contribution in [0.5, 0.6) is 0 Å². The minimum Gasteiger partial charge on any atom is -0.395 e. The maximum Gasteiger partial charge on any atom is 0.260 e. The number of thiophene rings is 1. The Hall–Kier alpha value is -2.42. The molecule has 7 nitrogen and oxygen atoms in total. The average Bonchev–Trinajstić information content (AvgIpc) is 3.23. The van der Waals surface area contributed by atoms with E-state index < -0.39 is 5.41 Å². The second-order valence-electron chi connectivity index (χ2n) is 7.97. The fourth-order valence-corrected chi connectivity index (χ4v) is 4.11. The maximum atomic E-state index is 13.1. The first-order valence-corrected chi connectivity index (χ1v) is 10.7. The molecule has 0 bridgehead atoms. The monoisotopic (exact) mass is 448 g/mol. The van der Waals surface area contributed by atoms with Gasteiger partial charge in [-0.2, -0.15) is 5.10 Å². The number of anilines is 1. The van der Waals surface area contributed by atoms with Gasteiger partial charge in [-0.25, -0.2) is 4.68 Å². The summed E-state index contributed by atoms with van der Waals surface area (Å²) in [6.07, 6.45) is 2.08. The van der Waals surface area contributed by atoms with Gasteiger partial charge in [0.05, 0.1) is 27.9 Å². The predicted octanol–water partition coefficient (Wildman–Crippen LogP) is 3.93. The van der Waals surface area contributed by atoms with Crippen molar-refractivity contribution < 1.29 is 9.53 Å². The standard InChI is InChI=1S/C21H25ClN4O3S/c1-21(2,3)20(28)26-15(12-13-7-8-16(22)30-13)17(23)18(24-26)14-6-5-9-25(19(14)27)10-11-29-4/h5-9H,10-12,23H2,1-4H3. The molecule has 0 unspecified atom stereocenters. The van der Waals surface area contributed by atoms with E-state index in [1.54, 1.807) is 36.1 Å². The lowest BCUT2D eigenvalue weighted by molar-refractivity contribution is 0.0745. The first-order chi connectivity index (χ1) is 14.1. The molecule has 3 rings (SSSR count). The van der Waals surface area contributed by atoms with Crippen LogP contribution in [-0.2, 0) is 17.7 Å². The van der Waals surface area contributed by atoms with Gasteiger partial charge in [-0.1, -0.05) is 32.4 Å². The van der Waals surface area contributed by atoms with Crippen molar-refractivity contribution in [3.63, 3.8) is 0 Å². The molecule has 3 aromatic rings. The van der Waals surface area contributed by atoms with E-state index in [0.29, 0.717) is 46.5 Å². The lowest BCUT2D eigenvalue weighted by Gasteiger charge is -2.17. The molecule has 30 heavy (non-hydrogen) atoms. The highest BCUT2D eigenvalue weighted by Crippen LogP contribution is 2.32. The Kier molecular flexibility index (Phi) is 6.50. The van der Waals surface area contributed by atoms with Crippen LogP contribution < -0.4 is 11.3 Å². The van der Waals surface area contributed by atoms with Gasteiger partial charge in [0.15, 0.2) is 0 Å². The van der Waals surface area contributed by atoms with Gasteiger partial charge < -0.3 is 15.0 Å². The van der Waals surface area contributed by atoms with Crippen molar-refractivity contribution in [3.8, 4) is 11.3 Å². The normalized spacial score (nSPS) is 11.8.